The van der Waals surface area contributed by atoms with Crippen LogP contribution in [-0.2, 0) is 27.5 Å². The van der Waals surface area contributed by atoms with Crippen molar-refractivity contribution in [3.63, 3.8) is 0 Å². The number of sulfone groups is 1. The Labute approximate surface area is 225 Å². The molecule has 0 radical (unpaired) electrons. The summed E-state index contributed by atoms with van der Waals surface area (Å²) in [6.07, 6.45) is 3.67. The molecule has 0 saturated carbocycles. The highest BCUT2D eigenvalue weighted by Crippen LogP contribution is 2.37. The Bertz CT molecular complexity index is 1430. The van der Waals surface area contributed by atoms with Gasteiger partial charge in [0.15, 0.2) is 9.84 Å². The third-order valence-electron chi connectivity index (χ3n) is 7.72. The summed E-state index contributed by atoms with van der Waals surface area (Å²) in [6, 6.07) is 19.3. The lowest BCUT2D eigenvalue weighted by Crippen LogP contribution is -2.30. The summed E-state index contributed by atoms with van der Waals surface area (Å²) >= 11 is 0. The monoisotopic (exact) mass is 533 g/mol. The number of hydrogen-bond donors (Lipinski definition) is 2. The summed E-state index contributed by atoms with van der Waals surface area (Å²) < 4.78 is 29.7. The summed E-state index contributed by atoms with van der Waals surface area (Å²) in [6.45, 7) is 4.20. The smallest absolute Gasteiger partial charge is 0.303 e. The first kappa shape index (κ1) is 26.3. The van der Waals surface area contributed by atoms with Gasteiger partial charge in [0.1, 0.15) is 11.9 Å². The maximum atomic E-state index is 11.7. The molecule has 38 heavy (non-hydrogen) atoms. The fraction of sp³-hybridized carbons (Fsp3) is 0.387. The van der Waals surface area contributed by atoms with E-state index in [1.54, 1.807) is 0 Å². The van der Waals surface area contributed by atoms with Crippen LogP contribution in [-0.4, -0.2) is 37.1 Å². The van der Waals surface area contributed by atoms with Crippen molar-refractivity contribution in [3.05, 3.63) is 82.4 Å². The van der Waals surface area contributed by atoms with Crippen LogP contribution in [0.1, 0.15) is 59.5 Å². The molecule has 0 aromatic heterocycles. The van der Waals surface area contributed by atoms with Gasteiger partial charge < -0.3 is 15.2 Å². The molecule has 2 aliphatic heterocycles. The summed E-state index contributed by atoms with van der Waals surface area (Å²) in [4.78, 5) is 10.9. The molecule has 2 N–H and O–H groups in total. The van der Waals surface area contributed by atoms with E-state index in [1.807, 2.05) is 6.07 Å². The van der Waals surface area contributed by atoms with E-state index in [4.69, 9.17) is 9.84 Å². The molecule has 7 heteroatoms. The van der Waals surface area contributed by atoms with Crippen LogP contribution in [0, 0.1) is 13.8 Å². The lowest BCUT2D eigenvalue weighted by molar-refractivity contribution is -0.136. The molecule has 3 aromatic carbocycles. The van der Waals surface area contributed by atoms with Crippen LogP contribution in [0.25, 0.3) is 11.1 Å². The first-order valence-corrected chi connectivity index (χ1v) is 15.2. The van der Waals surface area contributed by atoms with Crippen molar-refractivity contribution < 1.29 is 23.1 Å². The molecular weight excluding hydrogens is 498 g/mol. The number of carbonyl (C=O) groups is 1. The van der Waals surface area contributed by atoms with Gasteiger partial charge in [0.05, 0.1) is 17.5 Å². The second-order valence-corrected chi connectivity index (χ2v) is 13.0. The number of nitrogens with one attached hydrogen (secondary N) is 1. The van der Waals surface area contributed by atoms with Crippen LogP contribution in [0.3, 0.4) is 0 Å². The summed E-state index contributed by atoms with van der Waals surface area (Å²) in [5.74, 6) is 0.436. The van der Waals surface area contributed by atoms with E-state index in [1.165, 1.54) is 22.3 Å². The Morgan fingerprint density at radius 1 is 1.00 bits per heavy atom. The second-order valence-electron chi connectivity index (χ2n) is 10.6. The van der Waals surface area contributed by atoms with E-state index in [0.717, 1.165) is 41.0 Å². The third kappa shape index (κ3) is 6.04. The van der Waals surface area contributed by atoms with Gasteiger partial charge in [0.2, 0.25) is 0 Å². The van der Waals surface area contributed by atoms with Crippen molar-refractivity contribution in [1.82, 2.24) is 0 Å². The fourth-order valence-corrected chi connectivity index (χ4v) is 7.20. The van der Waals surface area contributed by atoms with Gasteiger partial charge in [-0.25, -0.2) is 8.42 Å². The number of anilines is 1. The predicted octanol–water partition coefficient (Wildman–Crippen LogP) is 6.04. The molecule has 6 nitrogen and oxygen atoms in total. The molecule has 0 bridgehead atoms. The normalized spacial score (nSPS) is 18.8. The predicted molar refractivity (Wildman–Crippen MR) is 151 cm³/mol. The second kappa shape index (κ2) is 10.8. The minimum absolute atomic E-state index is 0.0556. The average molecular weight is 534 g/mol. The first-order chi connectivity index (χ1) is 18.2. The largest absolute Gasteiger partial charge is 0.490 e. The highest BCUT2D eigenvalue weighted by molar-refractivity contribution is 7.91. The van der Waals surface area contributed by atoms with Gasteiger partial charge in [-0.2, -0.15) is 0 Å². The van der Waals surface area contributed by atoms with Crippen molar-refractivity contribution in [2.75, 3.05) is 16.8 Å². The zero-order valence-electron chi connectivity index (χ0n) is 22.0. The number of ether oxygens (including phenoxy) is 1. The first-order valence-electron chi connectivity index (χ1n) is 13.4. The van der Waals surface area contributed by atoms with Crippen LogP contribution in [0.4, 0.5) is 5.69 Å². The van der Waals surface area contributed by atoms with E-state index in [-0.39, 0.29) is 30.1 Å². The molecule has 3 aromatic rings. The number of hydrogen-bond acceptors (Lipinski definition) is 5. The number of fused-ring (bicyclic) bond motifs is 1. The molecule has 0 spiro atoms. The van der Waals surface area contributed by atoms with Crippen LogP contribution < -0.4 is 10.1 Å². The van der Waals surface area contributed by atoms with Crippen molar-refractivity contribution in [1.29, 1.82) is 0 Å². The fourth-order valence-electron chi connectivity index (χ4n) is 5.75. The van der Waals surface area contributed by atoms with E-state index < -0.39 is 15.8 Å². The van der Waals surface area contributed by atoms with Gasteiger partial charge in [-0.1, -0.05) is 30.3 Å². The number of carboxylic acid groups (broad SMARTS) is 1. The Morgan fingerprint density at radius 2 is 1.74 bits per heavy atom. The molecular formula is C31H35NO5S. The van der Waals surface area contributed by atoms with Crippen LogP contribution >= 0.6 is 0 Å². The van der Waals surface area contributed by atoms with E-state index in [9.17, 15) is 13.2 Å². The van der Waals surface area contributed by atoms with Crippen LogP contribution in [0.5, 0.6) is 5.75 Å². The molecule has 0 amide bonds. The van der Waals surface area contributed by atoms with Crippen LogP contribution in [0.15, 0.2) is 54.6 Å². The van der Waals surface area contributed by atoms with Gasteiger partial charge in [-0.3, -0.25) is 4.79 Å². The Hall–Kier alpha value is -3.32. The number of aliphatic carboxylic acids is 1. The summed E-state index contributed by atoms with van der Waals surface area (Å²) in [7, 11) is -2.91. The van der Waals surface area contributed by atoms with Crippen molar-refractivity contribution in [3.8, 4) is 16.9 Å². The zero-order chi connectivity index (χ0) is 26.9. The summed E-state index contributed by atoms with van der Waals surface area (Å²) in [5, 5.41) is 12.7. The van der Waals surface area contributed by atoms with Gasteiger partial charge in [-0.15, -0.1) is 0 Å². The number of carboxylic acids is 1. The number of aryl methyl sites for hydroxylation is 4. The highest BCUT2D eigenvalue weighted by Gasteiger charge is 2.25. The summed E-state index contributed by atoms with van der Waals surface area (Å²) in [5.41, 5.74) is 9.32. The van der Waals surface area contributed by atoms with Crippen LogP contribution in [0.2, 0.25) is 0 Å². The Morgan fingerprint density at radius 3 is 2.45 bits per heavy atom. The average Bonchev–Trinajstić information content (AvgIpc) is 2.88. The van der Waals surface area contributed by atoms with Crippen molar-refractivity contribution in [2.45, 2.75) is 64.5 Å². The van der Waals surface area contributed by atoms with Gasteiger partial charge in [0.25, 0.3) is 0 Å². The zero-order valence-corrected chi connectivity index (χ0v) is 22.8. The molecule has 1 saturated heterocycles. The molecule has 2 aliphatic rings. The van der Waals surface area contributed by atoms with Crippen molar-refractivity contribution in [2.24, 2.45) is 0 Å². The minimum atomic E-state index is -2.91. The third-order valence-corrected chi connectivity index (χ3v) is 9.43. The van der Waals surface area contributed by atoms with Gasteiger partial charge >= 0.3 is 5.97 Å². The topological polar surface area (TPSA) is 92.7 Å². The quantitative estimate of drug-likeness (QED) is 0.385. The maximum absolute atomic E-state index is 11.7. The molecule has 1 unspecified atom stereocenters. The number of benzene rings is 3. The maximum Gasteiger partial charge on any atom is 0.303 e. The van der Waals surface area contributed by atoms with Gasteiger partial charge in [-0.05, 0) is 109 Å². The molecule has 2 heterocycles. The lowest BCUT2D eigenvalue weighted by atomic mass is 9.89. The van der Waals surface area contributed by atoms with E-state index >= 15 is 0 Å². The Balaban J connectivity index is 1.31. The van der Waals surface area contributed by atoms with E-state index in [0.29, 0.717) is 19.3 Å². The SMILES string of the molecule is Cc1cc(OC2CCS(=O)(=O)CC2)cc(C)c1-c1cccc(C2CCc3cc(CCC(=O)O)ccc3N2)c1. The lowest BCUT2D eigenvalue weighted by Gasteiger charge is -2.28. The molecule has 5 rings (SSSR count). The number of rotatable bonds is 7. The van der Waals surface area contributed by atoms with Gasteiger partial charge in [0, 0.05) is 12.1 Å². The molecule has 1 fully saturated rings. The van der Waals surface area contributed by atoms with E-state index in [2.05, 4.69) is 67.7 Å². The van der Waals surface area contributed by atoms with Crippen molar-refractivity contribution >= 4 is 21.5 Å². The Kier molecular flexibility index (Phi) is 7.48. The minimum Gasteiger partial charge on any atom is -0.490 e. The molecule has 0 aliphatic carbocycles. The standard InChI is InChI=1S/C31H35NO5S/c1-20-16-27(37-26-12-14-38(35,36)15-13-26)17-21(2)31(20)25-5-3-4-23(19-25)29-10-8-24-18-22(7-11-30(33)34)6-9-28(24)32-29/h3-6,9,16-19,26,29,32H,7-8,10-15H2,1-2H3,(H,33,34). The highest BCUT2D eigenvalue weighted by atomic mass is 32.2. The molecule has 200 valence electrons. The molecule has 1 atom stereocenters.